The zero-order valence-corrected chi connectivity index (χ0v) is 8.59. The molecular weight excluding hydrogens is 148 g/mol. The molecule has 0 bridgehead atoms. The van der Waals surface area contributed by atoms with Crippen LogP contribution in [0.4, 0.5) is 0 Å². The van der Waals surface area contributed by atoms with Crippen LogP contribution in [0, 0.1) is 0 Å². The first-order valence-corrected chi connectivity index (χ1v) is 4.72. The lowest BCUT2D eigenvalue weighted by Crippen LogP contribution is -2.41. The average Bonchev–Trinajstić information content (AvgIpc) is 2.03. The minimum Gasteiger partial charge on any atom is -0.327 e. The fraction of sp³-hybridized carbons (Fsp3) is 0.800. The fourth-order valence-corrected chi connectivity index (χ4v) is 1.09. The minimum absolute atomic E-state index is 0.298. The van der Waals surface area contributed by atoms with Crippen molar-refractivity contribution in [2.75, 3.05) is 13.1 Å². The Bertz CT molecular complexity index is 121. The van der Waals surface area contributed by atoms with Gasteiger partial charge in [0.2, 0.25) is 0 Å². The average molecular weight is 170 g/mol. The van der Waals surface area contributed by atoms with Crippen LogP contribution in [0.1, 0.15) is 27.2 Å². The summed E-state index contributed by atoms with van der Waals surface area (Å²) in [5, 5.41) is 0. The first kappa shape index (κ1) is 11.7. The van der Waals surface area contributed by atoms with Crippen molar-refractivity contribution in [1.29, 1.82) is 0 Å². The van der Waals surface area contributed by atoms with Gasteiger partial charge in [0, 0.05) is 25.2 Å². The molecule has 0 fully saturated rings. The number of nitrogens with two attached hydrogens (primary N) is 1. The van der Waals surface area contributed by atoms with Crippen LogP contribution in [-0.4, -0.2) is 30.1 Å². The van der Waals surface area contributed by atoms with Gasteiger partial charge in [-0.2, -0.15) is 0 Å². The lowest BCUT2D eigenvalue weighted by molar-refractivity contribution is 0.229. The van der Waals surface area contributed by atoms with E-state index in [9.17, 15) is 0 Å². The van der Waals surface area contributed by atoms with Crippen LogP contribution in [0.5, 0.6) is 0 Å². The van der Waals surface area contributed by atoms with E-state index in [0.717, 1.165) is 19.5 Å². The third kappa shape index (κ3) is 4.52. The molecule has 12 heavy (non-hydrogen) atoms. The Hall–Kier alpha value is -0.340. The van der Waals surface area contributed by atoms with E-state index >= 15 is 0 Å². The molecule has 0 rings (SSSR count). The Morgan fingerprint density at radius 1 is 1.50 bits per heavy atom. The molecule has 1 atom stereocenters. The van der Waals surface area contributed by atoms with Gasteiger partial charge in [-0.25, -0.2) is 0 Å². The Morgan fingerprint density at radius 3 is 2.42 bits per heavy atom. The van der Waals surface area contributed by atoms with Crippen molar-refractivity contribution in [3.05, 3.63) is 12.7 Å². The van der Waals surface area contributed by atoms with E-state index in [1.54, 1.807) is 0 Å². The first-order valence-electron chi connectivity index (χ1n) is 4.72. The summed E-state index contributed by atoms with van der Waals surface area (Å²) in [5.41, 5.74) is 5.87. The normalized spacial score (nSPS) is 13.8. The summed E-state index contributed by atoms with van der Waals surface area (Å²) in [6, 6.07) is 0.855. The van der Waals surface area contributed by atoms with Crippen LogP contribution < -0.4 is 5.73 Å². The van der Waals surface area contributed by atoms with Crippen LogP contribution in [0.2, 0.25) is 0 Å². The lowest BCUT2D eigenvalue weighted by Gasteiger charge is -2.27. The predicted molar refractivity (Wildman–Crippen MR) is 55.2 cm³/mol. The molecule has 0 radical (unpaired) electrons. The van der Waals surface area contributed by atoms with Crippen molar-refractivity contribution in [2.24, 2.45) is 5.73 Å². The topological polar surface area (TPSA) is 29.3 Å². The molecule has 0 saturated heterocycles. The smallest absolute Gasteiger partial charge is 0.0165 e. The van der Waals surface area contributed by atoms with Crippen LogP contribution in [0.25, 0.3) is 0 Å². The SMILES string of the molecule is C=CCN(CC(N)CC)C(C)C. The summed E-state index contributed by atoms with van der Waals surface area (Å²) in [5.74, 6) is 0. The quantitative estimate of drug-likeness (QED) is 0.614. The summed E-state index contributed by atoms with van der Waals surface area (Å²) in [7, 11) is 0. The van der Waals surface area contributed by atoms with Crippen LogP contribution >= 0.6 is 0 Å². The van der Waals surface area contributed by atoms with E-state index in [1.165, 1.54) is 0 Å². The van der Waals surface area contributed by atoms with Crippen molar-refractivity contribution < 1.29 is 0 Å². The van der Waals surface area contributed by atoms with Gasteiger partial charge in [0.25, 0.3) is 0 Å². The second-order valence-electron chi connectivity index (χ2n) is 3.50. The molecule has 2 N–H and O–H groups in total. The Kier molecular flexibility index (Phi) is 6.03. The molecule has 0 aromatic carbocycles. The molecule has 1 unspecified atom stereocenters. The summed E-state index contributed by atoms with van der Waals surface area (Å²) < 4.78 is 0. The molecule has 0 saturated carbocycles. The third-order valence-electron chi connectivity index (χ3n) is 2.09. The van der Waals surface area contributed by atoms with E-state index in [4.69, 9.17) is 5.73 Å². The molecule has 0 spiro atoms. The maximum absolute atomic E-state index is 5.87. The fourth-order valence-electron chi connectivity index (χ4n) is 1.09. The van der Waals surface area contributed by atoms with E-state index < -0.39 is 0 Å². The Morgan fingerprint density at radius 2 is 2.08 bits per heavy atom. The number of nitrogens with zero attached hydrogens (tertiary/aromatic N) is 1. The zero-order chi connectivity index (χ0) is 9.56. The summed E-state index contributed by atoms with van der Waals surface area (Å²) >= 11 is 0. The van der Waals surface area contributed by atoms with Crippen LogP contribution in [0.15, 0.2) is 12.7 Å². The van der Waals surface area contributed by atoms with E-state index in [-0.39, 0.29) is 0 Å². The van der Waals surface area contributed by atoms with Gasteiger partial charge < -0.3 is 5.73 Å². The monoisotopic (exact) mass is 170 g/mol. The van der Waals surface area contributed by atoms with E-state index in [2.05, 4.69) is 32.3 Å². The van der Waals surface area contributed by atoms with Gasteiger partial charge in [-0.05, 0) is 20.3 Å². The molecule has 0 heterocycles. The minimum atomic E-state index is 0.298. The van der Waals surface area contributed by atoms with Gasteiger partial charge in [0.1, 0.15) is 0 Å². The van der Waals surface area contributed by atoms with Crippen molar-refractivity contribution in [3.8, 4) is 0 Å². The van der Waals surface area contributed by atoms with Gasteiger partial charge in [-0.15, -0.1) is 6.58 Å². The predicted octanol–water partition coefficient (Wildman–Crippen LogP) is 1.62. The lowest BCUT2D eigenvalue weighted by atomic mass is 10.2. The molecule has 0 aliphatic rings. The summed E-state index contributed by atoms with van der Waals surface area (Å²) in [6.45, 7) is 12.1. The summed E-state index contributed by atoms with van der Waals surface area (Å²) in [6.07, 6.45) is 2.97. The standard InChI is InChI=1S/C10H22N2/c1-5-7-12(9(3)4)8-10(11)6-2/h5,9-10H,1,6-8,11H2,2-4H3. The highest BCUT2D eigenvalue weighted by molar-refractivity contribution is 4.78. The van der Waals surface area contributed by atoms with E-state index in [1.807, 2.05) is 6.08 Å². The molecule has 2 nitrogen and oxygen atoms in total. The van der Waals surface area contributed by atoms with E-state index in [0.29, 0.717) is 12.1 Å². The van der Waals surface area contributed by atoms with Crippen molar-refractivity contribution in [3.63, 3.8) is 0 Å². The number of hydrogen-bond donors (Lipinski definition) is 1. The maximum atomic E-state index is 5.87. The van der Waals surface area contributed by atoms with Gasteiger partial charge in [0.15, 0.2) is 0 Å². The highest BCUT2D eigenvalue weighted by Crippen LogP contribution is 2.00. The molecule has 0 aromatic heterocycles. The van der Waals surface area contributed by atoms with Gasteiger partial charge in [0.05, 0.1) is 0 Å². The van der Waals surface area contributed by atoms with Crippen molar-refractivity contribution >= 4 is 0 Å². The van der Waals surface area contributed by atoms with Crippen LogP contribution in [-0.2, 0) is 0 Å². The molecule has 2 heteroatoms. The highest BCUT2D eigenvalue weighted by atomic mass is 15.2. The number of hydrogen-bond acceptors (Lipinski definition) is 2. The maximum Gasteiger partial charge on any atom is 0.0165 e. The largest absolute Gasteiger partial charge is 0.327 e. The Labute approximate surface area is 76.4 Å². The van der Waals surface area contributed by atoms with Crippen molar-refractivity contribution in [1.82, 2.24) is 4.90 Å². The third-order valence-corrected chi connectivity index (χ3v) is 2.09. The van der Waals surface area contributed by atoms with Gasteiger partial charge in [-0.1, -0.05) is 13.0 Å². The molecule has 0 aliphatic carbocycles. The molecule has 0 aromatic rings. The summed E-state index contributed by atoms with van der Waals surface area (Å²) in [4.78, 5) is 2.33. The van der Waals surface area contributed by atoms with Crippen LogP contribution in [0.3, 0.4) is 0 Å². The van der Waals surface area contributed by atoms with Gasteiger partial charge in [-0.3, -0.25) is 4.90 Å². The highest BCUT2D eigenvalue weighted by Gasteiger charge is 2.10. The van der Waals surface area contributed by atoms with Gasteiger partial charge >= 0.3 is 0 Å². The molecule has 72 valence electrons. The zero-order valence-electron chi connectivity index (χ0n) is 8.59. The second kappa shape index (κ2) is 6.21. The molecule has 0 amide bonds. The second-order valence-corrected chi connectivity index (χ2v) is 3.50. The first-order chi connectivity index (χ1) is 5.61. The Balaban J connectivity index is 3.85. The van der Waals surface area contributed by atoms with Crippen molar-refractivity contribution in [2.45, 2.75) is 39.3 Å². The molecule has 0 aliphatic heterocycles. The number of rotatable bonds is 6. The molecular formula is C10H22N2.